The molecule has 1 heterocycles. The summed E-state index contributed by atoms with van der Waals surface area (Å²) in [5.41, 5.74) is 1.58. The molecule has 4 N–H and O–H groups in total. The van der Waals surface area contributed by atoms with Gasteiger partial charge in [0.25, 0.3) is 0 Å². The number of H-pyrrole nitrogens is 1. The van der Waals surface area contributed by atoms with Crippen molar-refractivity contribution in [3.8, 4) is 0 Å². The molecule has 2 atom stereocenters. The van der Waals surface area contributed by atoms with Gasteiger partial charge < -0.3 is 25.7 Å². The van der Waals surface area contributed by atoms with Crippen LogP contribution < -0.4 is 16.0 Å². The quantitative estimate of drug-likeness (QED) is 0.305. The summed E-state index contributed by atoms with van der Waals surface area (Å²) in [5.74, 6) is -1.29. The molecule has 2 rings (SSSR count). The monoisotopic (exact) mass is 514 g/mol. The normalized spacial score (nSPS) is 13.2. The molecule has 0 spiro atoms. The second kappa shape index (κ2) is 13.8. The van der Waals surface area contributed by atoms with E-state index in [1.807, 2.05) is 65.1 Å². The number of rotatable bonds is 13. The van der Waals surface area contributed by atoms with Gasteiger partial charge in [-0.3, -0.25) is 19.2 Å². The molecular formula is C28H42N4O5. The summed E-state index contributed by atoms with van der Waals surface area (Å²) in [5, 5.41) is 9.41. The standard InChI is InChI=1S/C28H42N4O5/c1-7-37-25(34)12-13-29-26(35)23(15-19-17-30-21-11-9-8-10-20(19)21)32-27(36)22(14-18(2)3)31-24(33)16-28(4,5)6/h8-11,17-18,22-23,30H,7,12-16H2,1-6H3,(H,29,35)(H,31,33)(H,32,36)/t22-,23-/m1/s1. The molecule has 0 saturated carbocycles. The maximum atomic E-state index is 13.4. The zero-order valence-corrected chi connectivity index (χ0v) is 22.9. The van der Waals surface area contributed by atoms with E-state index in [-0.39, 0.29) is 49.7 Å². The number of aromatic amines is 1. The van der Waals surface area contributed by atoms with Gasteiger partial charge in [0.1, 0.15) is 12.1 Å². The minimum atomic E-state index is -0.900. The number of nitrogens with one attached hydrogen (secondary N) is 4. The van der Waals surface area contributed by atoms with Crippen molar-refractivity contribution in [1.29, 1.82) is 0 Å². The van der Waals surface area contributed by atoms with E-state index < -0.39 is 29.9 Å². The van der Waals surface area contributed by atoms with Crippen LogP contribution in [0.5, 0.6) is 0 Å². The molecule has 0 fully saturated rings. The molecule has 0 saturated heterocycles. The molecular weight excluding hydrogens is 472 g/mol. The fraction of sp³-hybridized carbons (Fsp3) is 0.571. The van der Waals surface area contributed by atoms with Gasteiger partial charge in [-0.25, -0.2) is 0 Å². The average molecular weight is 515 g/mol. The van der Waals surface area contributed by atoms with Gasteiger partial charge in [0, 0.05) is 36.5 Å². The van der Waals surface area contributed by atoms with Gasteiger partial charge in [-0.15, -0.1) is 0 Å². The van der Waals surface area contributed by atoms with E-state index in [0.29, 0.717) is 6.42 Å². The highest BCUT2D eigenvalue weighted by Gasteiger charge is 2.29. The number of fused-ring (bicyclic) bond motifs is 1. The van der Waals surface area contributed by atoms with E-state index in [1.165, 1.54) is 0 Å². The van der Waals surface area contributed by atoms with E-state index in [2.05, 4.69) is 20.9 Å². The highest BCUT2D eigenvalue weighted by molar-refractivity contribution is 5.93. The van der Waals surface area contributed by atoms with Gasteiger partial charge in [0.15, 0.2) is 0 Å². The third-order valence-electron chi connectivity index (χ3n) is 5.72. The van der Waals surface area contributed by atoms with Crippen LogP contribution in [0.25, 0.3) is 10.9 Å². The molecule has 1 aromatic carbocycles. The summed E-state index contributed by atoms with van der Waals surface area (Å²) in [4.78, 5) is 54.0. The minimum absolute atomic E-state index is 0.0339. The number of para-hydroxylation sites is 1. The molecule has 0 radical (unpaired) electrons. The first kappa shape index (κ1) is 29.9. The average Bonchev–Trinajstić information content (AvgIpc) is 3.19. The summed E-state index contributed by atoms with van der Waals surface area (Å²) in [7, 11) is 0. The number of benzene rings is 1. The number of carbonyl (C=O) groups excluding carboxylic acids is 4. The van der Waals surface area contributed by atoms with E-state index in [9.17, 15) is 19.2 Å². The van der Waals surface area contributed by atoms with E-state index in [4.69, 9.17) is 4.74 Å². The second-order valence-electron chi connectivity index (χ2n) is 11.0. The summed E-state index contributed by atoms with van der Waals surface area (Å²) in [6.45, 7) is 11.9. The molecule has 0 unspecified atom stereocenters. The Hall–Kier alpha value is -3.36. The maximum Gasteiger partial charge on any atom is 0.307 e. The van der Waals surface area contributed by atoms with Crippen molar-refractivity contribution < 1.29 is 23.9 Å². The third kappa shape index (κ3) is 10.3. The topological polar surface area (TPSA) is 129 Å². The molecule has 3 amide bonds. The second-order valence-corrected chi connectivity index (χ2v) is 11.0. The van der Waals surface area contributed by atoms with Crippen molar-refractivity contribution in [3.05, 3.63) is 36.0 Å². The van der Waals surface area contributed by atoms with Crippen LogP contribution in [-0.4, -0.2) is 53.9 Å². The lowest BCUT2D eigenvalue weighted by molar-refractivity contribution is -0.143. The molecule has 0 bridgehead atoms. The molecule has 204 valence electrons. The lowest BCUT2D eigenvalue weighted by atomic mass is 9.91. The van der Waals surface area contributed by atoms with Crippen molar-refractivity contribution in [3.63, 3.8) is 0 Å². The first-order valence-corrected chi connectivity index (χ1v) is 13.0. The van der Waals surface area contributed by atoms with Crippen LogP contribution in [0.15, 0.2) is 30.5 Å². The Morgan fingerprint density at radius 2 is 1.70 bits per heavy atom. The predicted octanol–water partition coefficient (Wildman–Crippen LogP) is 3.23. The van der Waals surface area contributed by atoms with Gasteiger partial charge in [-0.05, 0) is 36.3 Å². The highest BCUT2D eigenvalue weighted by Crippen LogP contribution is 2.20. The first-order valence-electron chi connectivity index (χ1n) is 13.0. The maximum absolute atomic E-state index is 13.4. The Kier molecular flexibility index (Phi) is 11.1. The summed E-state index contributed by atoms with van der Waals surface area (Å²) in [6, 6.07) is 6.05. The Bertz CT molecular complexity index is 1070. The van der Waals surface area contributed by atoms with Crippen molar-refractivity contribution in [1.82, 2.24) is 20.9 Å². The fourth-order valence-electron chi connectivity index (χ4n) is 4.08. The third-order valence-corrected chi connectivity index (χ3v) is 5.72. The van der Waals surface area contributed by atoms with E-state index >= 15 is 0 Å². The van der Waals surface area contributed by atoms with Gasteiger partial charge in [-0.1, -0.05) is 52.8 Å². The van der Waals surface area contributed by atoms with Crippen molar-refractivity contribution in [2.24, 2.45) is 11.3 Å². The number of carbonyl (C=O) groups is 4. The zero-order chi connectivity index (χ0) is 27.6. The number of amides is 3. The molecule has 9 nitrogen and oxygen atoms in total. The predicted molar refractivity (Wildman–Crippen MR) is 144 cm³/mol. The van der Waals surface area contributed by atoms with Crippen molar-refractivity contribution >= 4 is 34.6 Å². The molecule has 9 heteroatoms. The summed E-state index contributed by atoms with van der Waals surface area (Å²) in [6.07, 6.45) is 2.82. The lowest BCUT2D eigenvalue weighted by Crippen LogP contribution is -2.55. The van der Waals surface area contributed by atoms with Crippen LogP contribution in [0.4, 0.5) is 0 Å². The van der Waals surface area contributed by atoms with Crippen molar-refractivity contribution in [2.75, 3.05) is 13.2 Å². The van der Waals surface area contributed by atoms with Crippen molar-refractivity contribution in [2.45, 2.75) is 79.3 Å². The molecule has 0 aliphatic rings. The number of hydrogen-bond acceptors (Lipinski definition) is 5. The Balaban J connectivity index is 2.20. The van der Waals surface area contributed by atoms with Crippen LogP contribution in [0, 0.1) is 11.3 Å². The highest BCUT2D eigenvalue weighted by atomic mass is 16.5. The fourth-order valence-corrected chi connectivity index (χ4v) is 4.08. The number of aromatic nitrogens is 1. The van der Waals surface area contributed by atoms with Gasteiger partial charge >= 0.3 is 5.97 Å². The molecule has 37 heavy (non-hydrogen) atoms. The van der Waals surface area contributed by atoms with Crippen LogP contribution in [0.3, 0.4) is 0 Å². The van der Waals surface area contributed by atoms with Crippen LogP contribution >= 0.6 is 0 Å². The van der Waals surface area contributed by atoms with Crippen LogP contribution in [-0.2, 0) is 30.3 Å². The van der Waals surface area contributed by atoms with Gasteiger partial charge in [0.05, 0.1) is 13.0 Å². The smallest absolute Gasteiger partial charge is 0.307 e. The Morgan fingerprint density at radius 3 is 2.35 bits per heavy atom. The minimum Gasteiger partial charge on any atom is -0.466 e. The summed E-state index contributed by atoms with van der Waals surface area (Å²) < 4.78 is 4.92. The van der Waals surface area contributed by atoms with Gasteiger partial charge in [-0.2, -0.15) is 0 Å². The molecule has 0 aliphatic carbocycles. The largest absolute Gasteiger partial charge is 0.466 e. The van der Waals surface area contributed by atoms with Crippen LogP contribution in [0.2, 0.25) is 0 Å². The number of esters is 1. The zero-order valence-electron chi connectivity index (χ0n) is 22.9. The molecule has 1 aromatic heterocycles. The van der Waals surface area contributed by atoms with E-state index in [0.717, 1.165) is 16.5 Å². The Morgan fingerprint density at radius 1 is 1.00 bits per heavy atom. The first-order chi connectivity index (χ1) is 17.4. The van der Waals surface area contributed by atoms with Crippen LogP contribution in [0.1, 0.15) is 66.4 Å². The molecule has 2 aromatic rings. The summed E-state index contributed by atoms with van der Waals surface area (Å²) >= 11 is 0. The van der Waals surface area contributed by atoms with Gasteiger partial charge in [0.2, 0.25) is 17.7 Å². The lowest BCUT2D eigenvalue weighted by Gasteiger charge is -2.25. The SMILES string of the molecule is CCOC(=O)CCNC(=O)[C@@H](Cc1c[nH]c2ccccc12)NC(=O)[C@@H](CC(C)C)NC(=O)CC(C)(C)C. The van der Waals surface area contributed by atoms with E-state index in [1.54, 1.807) is 6.92 Å². The molecule has 0 aliphatic heterocycles. The number of hydrogen-bond donors (Lipinski definition) is 4. The Labute approximate surface area is 219 Å². The number of ether oxygens (including phenoxy) is 1.